The largest absolute Gasteiger partial charge is 0.495 e. The van der Waals surface area contributed by atoms with Crippen molar-refractivity contribution >= 4 is 12.6 Å². The van der Waals surface area contributed by atoms with Crippen molar-refractivity contribution in [3.05, 3.63) is 36.7 Å². The first-order valence-electron chi connectivity index (χ1n) is 7.48. The van der Waals surface area contributed by atoms with Gasteiger partial charge in [-0.1, -0.05) is 24.3 Å². The van der Waals surface area contributed by atoms with E-state index in [1.807, 2.05) is 52.0 Å². The predicted octanol–water partition coefficient (Wildman–Crippen LogP) is 3.24. The van der Waals surface area contributed by atoms with Crippen LogP contribution < -0.4 is 5.46 Å². The molecule has 7 heteroatoms. The van der Waals surface area contributed by atoms with Crippen LogP contribution in [0.25, 0.3) is 11.1 Å². The highest BCUT2D eigenvalue weighted by molar-refractivity contribution is 6.63. The van der Waals surface area contributed by atoms with Crippen LogP contribution in [0.3, 0.4) is 0 Å². The highest BCUT2D eigenvalue weighted by Crippen LogP contribution is 2.37. The molecule has 0 aliphatic carbocycles. The van der Waals surface area contributed by atoms with Crippen molar-refractivity contribution in [3.63, 3.8) is 0 Å². The summed E-state index contributed by atoms with van der Waals surface area (Å²) >= 11 is 0. The van der Waals surface area contributed by atoms with Gasteiger partial charge in [-0.3, -0.25) is 0 Å². The van der Waals surface area contributed by atoms with Crippen molar-refractivity contribution in [2.45, 2.75) is 45.4 Å². The van der Waals surface area contributed by atoms with Gasteiger partial charge in [-0.05, 0) is 38.7 Å². The Labute approximate surface area is 134 Å². The average Bonchev–Trinajstić information content (AvgIpc) is 3.02. The van der Waals surface area contributed by atoms with Gasteiger partial charge in [0, 0.05) is 11.8 Å². The fraction of sp³-hybridized carbons (Fsp3) is 0.438. The molecule has 23 heavy (non-hydrogen) atoms. The smallest absolute Gasteiger partial charge is 0.399 e. The normalized spacial score (nSPS) is 19.5. The van der Waals surface area contributed by atoms with Crippen LogP contribution in [0.2, 0.25) is 0 Å². The van der Waals surface area contributed by atoms with E-state index >= 15 is 0 Å². The van der Waals surface area contributed by atoms with Crippen molar-refractivity contribution in [3.8, 4) is 11.1 Å². The van der Waals surface area contributed by atoms with Crippen LogP contribution in [0.15, 0.2) is 36.7 Å². The van der Waals surface area contributed by atoms with Crippen molar-refractivity contribution in [1.29, 1.82) is 0 Å². The summed E-state index contributed by atoms with van der Waals surface area (Å²) in [7, 11) is -0.550. The second-order valence-electron chi connectivity index (χ2n) is 6.66. The molecule has 1 aliphatic heterocycles. The van der Waals surface area contributed by atoms with E-state index in [0.717, 1.165) is 11.0 Å². The van der Waals surface area contributed by atoms with E-state index in [0.29, 0.717) is 10.2 Å². The summed E-state index contributed by atoms with van der Waals surface area (Å²) in [6.07, 6.45) is 2.75. The summed E-state index contributed by atoms with van der Waals surface area (Å²) < 4.78 is 38.3. The zero-order chi connectivity index (χ0) is 16.8. The van der Waals surface area contributed by atoms with Crippen molar-refractivity contribution in [1.82, 2.24) is 9.78 Å². The van der Waals surface area contributed by atoms with Crippen molar-refractivity contribution in [2.24, 2.45) is 0 Å². The Hall–Kier alpha value is -1.73. The molecular formula is C16H19BF2N2O2. The van der Waals surface area contributed by atoms with E-state index < -0.39 is 24.9 Å². The van der Waals surface area contributed by atoms with E-state index in [1.54, 1.807) is 0 Å². The van der Waals surface area contributed by atoms with Crippen LogP contribution >= 0.6 is 0 Å². The van der Waals surface area contributed by atoms with E-state index in [-0.39, 0.29) is 0 Å². The molecule has 0 spiro atoms. The van der Waals surface area contributed by atoms with Gasteiger partial charge < -0.3 is 9.31 Å². The zero-order valence-electron chi connectivity index (χ0n) is 13.6. The van der Waals surface area contributed by atoms with Gasteiger partial charge in [-0.2, -0.15) is 13.9 Å². The minimum absolute atomic E-state index is 0.460. The van der Waals surface area contributed by atoms with Crippen LogP contribution in [0.5, 0.6) is 0 Å². The maximum Gasteiger partial charge on any atom is 0.495 e. The fourth-order valence-corrected chi connectivity index (χ4v) is 2.52. The van der Waals surface area contributed by atoms with Crippen molar-refractivity contribution in [2.75, 3.05) is 0 Å². The Morgan fingerprint density at radius 1 is 1.09 bits per heavy atom. The lowest BCUT2D eigenvalue weighted by molar-refractivity contribution is 0.00578. The molecule has 2 heterocycles. The molecule has 1 fully saturated rings. The third kappa shape index (κ3) is 2.79. The van der Waals surface area contributed by atoms with Gasteiger partial charge in [-0.15, -0.1) is 0 Å². The molecule has 0 radical (unpaired) electrons. The summed E-state index contributed by atoms with van der Waals surface area (Å²) in [6.45, 7) is 5.25. The standard InChI is InChI=1S/C16H19BF2N2O2/c1-15(2)16(3,4)23-17(22-15)13-8-6-5-7-12(13)11-9-20-21(10-11)14(18)19/h5-10,14H,1-4H3. The minimum atomic E-state index is -2.66. The molecule has 0 amide bonds. The first-order chi connectivity index (χ1) is 10.7. The molecule has 0 bridgehead atoms. The fourth-order valence-electron chi connectivity index (χ4n) is 2.52. The number of alkyl halides is 2. The molecule has 1 saturated heterocycles. The monoisotopic (exact) mass is 320 g/mol. The number of rotatable bonds is 3. The van der Waals surface area contributed by atoms with Gasteiger partial charge in [0.15, 0.2) is 0 Å². The molecule has 4 nitrogen and oxygen atoms in total. The number of nitrogens with zero attached hydrogens (tertiary/aromatic N) is 2. The summed E-state index contributed by atoms with van der Waals surface area (Å²) in [6, 6.07) is 7.47. The van der Waals surface area contributed by atoms with Gasteiger partial charge in [0.2, 0.25) is 0 Å². The first kappa shape index (κ1) is 16.1. The molecule has 1 aromatic heterocycles. The van der Waals surface area contributed by atoms with Gasteiger partial charge >= 0.3 is 13.7 Å². The number of halogens is 2. The van der Waals surface area contributed by atoms with Gasteiger partial charge in [0.05, 0.1) is 17.4 Å². The molecule has 2 aromatic rings. The third-order valence-corrected chi connectivity index (χ3v) is 4.58. The zero-order valence-corrected chi connectivity index (χ0v) is 13.6. The summed E-state index contributed by atoms with van der Waals surface area (Å²) in [5.74, 6) is 0. The lowest BCUT2D eigenvalue weighted by Crippen LogP contribution is -2.41. The van der Waals surface area contributed by atoms with E-state index in [9.17, 15) is 8.78 Å². The molecular weight excluding hydrogens is 301 g/mol. The lowest BCUT2D eigenvalue weighted by atomic mass is 9.75. The molecule has 0 saturated carbocycles. The van der Waals surface area contributed by atoms with Gasteiger partial charge in [0.1, 0.15) is 0 Å². The molecule has 1 aromatic carbocycles. The van der Waals surface area contributed by atoms with Gasteiger partial charge in [0.25, 0.3) is 0 Å². The molecule has 1 aliphatic rings. The number of aromatic nitrogens is 2. The summed E-state index contributed by atoms with van der Waals surface area (Å²) in [5, 5.41) is 3.70. The minimum Gasteiger partial charge on any atom is -0.399 e. The van der Waals surface area contributed by atoms with E-state index in [1.165, 1.54) is 12.4 Å². The average molecular weight is 320 g/mol. The van der Waals surface area contributed by atoms with E-state index in [2.05, 4.69) is 5.10 Å². The van der Waals surface area contributed by atoms with E-state index in [4.69, 9.17) is 9.31 Å². The maximum absolute atomic E-state index is 12.8. The molecule has 0 atom stereocenters. The molecule has 0 N–H and O–H groups in total. The van der Waals surface area contributed by atoms with Gasteiger partial charge in [-0.25, -0.2) is 4.68 Å². The number of benzene rings is 1. The number of hydrogen-bond acceptors (Lipinski definition) is 3. The summed E-state index contributed by atoms with van der Waals surface area (Å²) in [5.41, 5.74) is 1.27. The third-order valence-electron chi connectivity index (χ3n) is 4.58. The Kier molecular flexibility index (Phi) is 3.81. The predicted molar refractivity (Wildman–Crippen MR) is 84.6 cm³/mol. The van der Waals surface area contributed by atoms with Crippen LogP contribution in [-0.4, -0.2) is 28.1 Å². The van der Waals surface area contributed by atoms with Crippen LogP contribution in [0, 0.1) is 0 Å². The van der Waals surface area contributed by atoms with Crippen LogP contribution in [0.1, 0.15) is 34.2 Å². The highest BCUT2D eigenvalue weighted by Gasteiger charge is 2.52. The lowest BCUT2D eigenvalue weighted by Gasteiger charge is -2.32. The van der Waals surface area contributed by atoms with Crippen LogP contribution in [-0.2, 0) is 9.31 Å². The Morgan fingerprint density at radius 2 is 1.70 bits per heavy atom. The second kappa shape index (κ2) is 5.42. The Morgan fingerprint density at radius 3 is 2.26 bits per heavy atom. The quantitative estimate of drug-likeness (QED) is 0.815. The second-order valence-corrected chi connectivity index (χ2v) is 6.66. The molecule has 0 unspecified atom stereocenters. The molecule has 122 valence electrons. The molecule has 3 rings (SSSR count). The topological polar surface area (TPSA) is 36.3 Å². The maximum atomic E-state index is 12.8. The number of hydrogen-bond donors (Lipinski definition) is 0. The summed E-state index contributed by atoms with van der Waals surface area (Å²) in [4.78, 5) is 0. The Bertz CT molecular complexity index is 700. The highest BCUT2D eigenvalue weighted by atomic mass is 19.3. The van der Waals surface area contributed by atoms with Crippen LogP contribution in [0.4, 0.5) is 8.78 Å². The SMILES string of the molecule is CC1(C)OB(c2ccccc2-c2cnn(C(F)F)c2)OC1(C)C. The van der Waals surface area contributed by atoms with Crippen molar-refractivity contribution < 1.29 is 18.1 Å². The first-order valence-corrected chi connectivity index (χ1v) is 7.48. The Balaban J connectivity index is 1.99.